The predicted octanol–water partition coefficient (Wildman–Crippen LogP) is 3.76. The average molecular weight is 335 g/mol. The number of nitrogens with one attached hydrogen (secondary N) is 1. The van der Waals surface area contributed by atoms with Gasteiger partial charge < -0.3 is 10.2 Å². The number of carbonyl (C=O) groups excluding carboxylic acids is 1. The molecule has 2 fully saturated rings. The van der Waals surface area contributed by atoms with Gasteiger partial charge in [-0.1, -0.05) is 26.3 Å². The molecule has 4 heteroatoms. The first kappa shape index (κ1) is 17.0. The van der Waals surface area contributed by atoms with Crippen molar-refractivity contribution in [2.24, 2.45) is 23.7 Å². The zero-order valence-electron chi connectivity index (χ0n) is 14.5. The van der Waals surface area contributed by atoms with E-state index in [1.165, 1.54) is 43.8 Å². The summed E-state index contributed by atoms with van der Waals surface area (Å²) >= 11 is 1.71. The number of thiophene rings is 1. The Balaban J connectivity index is 1.52. The Hall–Kier alpha value is -0.870. The van der Waals surface area contributed by atoms with Crippen molar-refractivity contribution in [3.8, 4) is 0 Å². The SMILES string of the molecule is CC(C)CN1C[C@H]2CCC[C@@H](C1)C2CC(=O)NCc1cccs1. The molecule has 2 aliphatic rings. The zero-order chi connectivity index (χ0) is 16.2. The van der Waals surface area contributed by atoms with Crippen molar-refractivity contribution in [1.29, 1.82) is 0 Å². The van der Waals surface area contributed by atoms with E-state index in [9.17, 15) is 4.79 Å². The monoisotopic (exact) mass is 334 g/mol. The molecule has 2 bridgehead atoms. The predicted molar refractivity (Wildman–Crippen MR) is 96.4 cm³/mol. The van der Waals surface area contributed by atoms with Gasteiger partial charge in [-0.2, -0.15) is 0 Å². The largest absolute Gasteiger partial charge is 0.351 e. The Bertz CT molecular complexity index is 485. The van der Waals surface area contributed by atoms with Gasteiger partial charge in [0.1, 0.15) is 0 Å². The maximum atomic E-state index is 12.4. The summed E-state index contributed by atoms with van der Waals surface area (Å²) < 4.78 is 0. The van der Waals surface area contributed by atoms with Crippen LogP contribution < -0.4 is 5.32 Å². The van der Waals surface area contributed by atoms with E-state index >= 15 is 0 Å². The van der Waals surface area contributed by atoms with Crippen molar-refractivity contribution in [3.63, 3.8) is 0 Å². The number of likely N-dealkylation sites (tertiary alicyclic amines) is 1. The van der Waals surface area contributed by atoms with E-state index in [0.29, 0.717) is 12.5 Å². The maximum Gasteiger partial charge on any atom is 0.220 e. The molecule has 2 heterocycles. The first-order chi connectivity index (χ1) is 11.1. The summed E-state index contributed by atoms with van der Waals surface area (Å²) in [7, 11) is 0. The molecule has 1 aromatic rings. The normalized spacial score (nSPS) is 28.0. The molecule has 1 aliphatic heterocycles. The molecule has 0 aromatic carbocycles. The second kappa shape index (κ2) is 7.80. The van der Waals surface area contributed by atoms with Crippen molar-refractivity contribution >= 4 is 17.2 Å². The number of hydrogen-bond acceptors (Lipinski definition) is 3. The molecule has 128 valence electrons. The third-order valence-corrected chi connectivity index (χ3v) is 6.31. The van der Waals surface area contributed by atoms with E-state index in [2.05, 4.69) is 35.5 Å². The minimum absolute atomic E-state index is 0.248. The summed E-state index contributed by atoms with van der Waals surface area (Å²) in [6.45, 7) is 8.93. The average Bonchev–Trinajstić information content (AvgIpc) is 2.98. The van der Waals surface area contributed by atoms with Gasteiger partial charge in [-0.15, -0.1) is 11.3 Å². The lowest BCUT2D eigenvalue weighted by Gasteiger charge is -2.47. The molecule has 1 amide bonds. The van der Waals surface area contributed by atoms with Crippen LogP contribution >= 0.6 is 11.3 Å². The highest BCUT2D eigenvalue weighted by atomic mass is 32.1. The summed E-state index contributed by atoms with van der Waals surface area (Å²) in [6, 6.07) is 4.13. The molecule has 3 rings (SSSR count). The molecule has 0 radical (unpaired) electrons. The van der Waals surface area contributed by atoms with Gasteiger partial charge in [-0.05, 0) is 48.0 Å². The lowest BCUT2D eigenvalue weighted by atomic mass is 9.67. The van der Waals surface area contributed by atoms with E-state index in [-0.39, 0.29) is 5.91 Å². The highest BCUT2D eigenvalue weighted by molar-refractivity contribution is 7.09. The molecular formula is C19H30N2OS. The number of amides is 1. The van der Waals surface area contributed by atoms with Crippen LogP contribution in [0.4, 0.5) is 0 Å². The Kier molecular flexibility index (Phi) is 5.76. The van der Waals surface area contributed by atoms with Crippen LogP contribution in [-0.4, -0.2) is 30.4 Å². The Morgan fingerprint density at radius 1 is 1.35 bits per heavy atom. The van der Waals surface area contributed by atoms with Gasteiger partial charge >= 0.3 is 0 Å². The fourth-order valence-corrected chi connectivity index (χ4v) is 5.17. The van der Waals surface area contributed by atoms with Crippen molar-refractivity contribution in [2.75, 3.05) is 19.6 Å². The quantitative estimate of drug-likeness (QED) is 0.859. The number of piperidine rings is 1. The van der Waals surface area contributed by atoms with Crippen molar-refractivity contribution in [2.45, 2.75) is 46.1 Å². The van der Waals surface area contributed by atoms with Crippen LogP contribution in [0.2, 0.25) is 0 Å². The third-order valence-electron chi connectivity index (χ3n) is 5.43. The highest BCUT2D eigenvalue weighted by Crippen LogP contribution is 2.41. The number of carbonyl (C=O) groups is 1. The number of fused-ring (bicyclic) bond motifs is 2. The smallest absolute Gasteiger partial charge is 0.220 e. The fourth-order valence-electron chi connectivity index (χ4n) is 4.53. The number of hydrogen-bond donors (Lipinski definition) is 1. The molecule has 1 saturated carbocycles. The van der Waals surface area contributed by atoms with E-state index in [1.807, 2.05) is 6.07 Å². The van der Waals surface area contributed by atoms with Crippen LogP contribution in [0.5, 0.6) is 0 Å². The van der Waals surface area contributed by atoms with Crippen LogP contribution in [0.15, 0.2) is 17.5 Å². The van der Waals surface area contributed by atoms with Gasteiger partial charge in [0.05, 0.1) is 6.54 Å². The second-order valence-corrected chi connectivity index (χ2v) is 8.82. The molecule has 0 spiro atoms. The minimum atomic E-state index is 0.248. The number of nitrogens with zero attached hydrogens (tertiary/aromatic N) is 1. The van der Waals surface area contributed by atoms with Crippen LogP contribution in [0, 0.1) is 23.7 Å². The summed E-state index contributed by atoms with van der Waals surface area (Å²) in [5.41, 5.74) is 0. The Morgan fingerprint density at radius 2 is 2.09 bits per heavy atom. The van der Waals surface area contributed by atoms with Crippen LogP contribution in [-0.2, 0) is 11.3 Å². The molecule has 1 saturated heterocycles. The van der Waals surface area contributed by atoms with Gasteiger partial charge in [0.15, 0.2) is 0 Å². The fraction of sp³-hybridized carbons (Fsp3) is 0.737. The third kappa shape index (κ3) is 4.57. The Labute approximate surface area is 144 Å². The van der Waals surface area contributed by atoms with Crippen LogP contribution in [0.1, 0.15) is 44.4 Å². The van der Waals surface area contributed by atoms with Gasteiger partial charge in [0, 0.05) is 30.9 Å². The summed E-state index contributed by atoms with van der Waals surface area (Å²) in [5, 5.41) is 5.19. The summed E-state index contributed by atoms with van der Waals surface area (Å²) in [4.78, 5) is 16.3. The van der Waals surface area contributed by atoms with Crippen molar-refractivity contribution in [1.82, 2.24) is 10.2 Å². The molecule has 3 atom stereocenters. The lowest BCUT2D eigenvalue weighted by molar-refractivity contribution is -0.124. The van der Waals surface area contributed by atoms with E-state index in [0.717, 1.165) is 24.2 Å². The lowest BCUT2D eigenvalue weighted by Crippen LogP contribution is -2.50. The van der Waals surface area contributed by atoms with E-state index < -0.39 is 0 Å². The summed E-state index contributed by atoms with van der Waals surface area (Å²) in [5.74, 6) is 3.05. The molecular weight excluding hydrogens is 304 g/mol. The minimum Gasteiger partial charge on any atom is -0.351 e. The van der Waals surface area contributed by atoms with E-state index in [4.69, 9.17) is 0 Å². The van der Waals surface area contributed by atoms with Crippen LogP contribution in [0.25, 0.3) is 0 Å². The van der Waals surface area contributed by atoms with Gasteiger partial charge in [0.2, 0.25) is 5.91 Å². The standard InChI is InChI=1S/C19H30N2OS/c1-14(2)11-21-12-15-5-3-6-16(13-21)18(15)9-19(22)20-10-17-7-4-8-23-17/h4,7-8,14-16,18H,3,5-6,9-13H2,1-2H3,(H,20,22)/t15-,16+,18?. The van der Waals surface area contributed by atoms with Crippen LogP contribution in [0.3, 0.4) is 0 Å². The van der Waals surface area contributed by atoms with Gasteiger partial charge in [-0.3, -0.25) is 4.79 Å². The molecule has 3 nitrogen and oxygen atoms in total. The Morgan fingerprint density at radius 3 is 2.70 bits per heavy atom. The zero-order valence-corrected chi connectivity index (χ0v) is 15.3. The second-order valence-electron chi connectivity index (χ2n) is 7.79. The first-order valence-corrected chi connectivity index (χ1v) is 10.0. The topological polar surface area (TPSA) is 32.3 Å². The maximum absolute atomic E-state index is 12.4. The van der Waals surface area contributed by atoms with Gasteiger partial charge in [-0.25, -0.2) is 0 Å². The molecule has 1 aliphatic carbocycles. The summed E-state index contributed by atoms with van der Waals surface area (Å²) in [6.07, 6.45) is 4.72. The highest BCUT2D eigenvalue weighted by Gasteiger charge is 2.40. The van der Waals surface area contributed by atoms with Crippen molar-refractivity contribution < 1.29 is 4.79 Å². The van der Waals surface area contributed by atoms with Gasteiger partial charge in [0.25, 0.3) is 0 Å². The molecule has 1 unspecified atom stereocenters. The van der Waals surface area contributed by atoms with E-state index in [1.54, 1.807) is 11.3 Å². The molecule has 1 aromatic heterocycles. The molecule has 23 heavy (non-hydrogen) atoms. The molecule has 1 N–H and O–H groups in total. The number of rotatable bonds is 6. The first-order valence-electron chi connectivity index (χ1n) is 9.13. The van der Waals surface area contributed by atoms with Crippen molar-refractivity contribution in [3.05, 3.63) is 22.4 Å².